The molecule has 0 fully saturated rings. The molecule has 0 saturated heterocycles. The predicted octanol–water partition coefficient (Wildman–Crippen LogP) is 5.95. The van der Waals surface area contributed by atoms with Crippen molar-refractivity contribution in [3.63, 3.8) is 0 Å². The number of aryl methyl sites for hydroxylation is 4. The van der Waals surface area contributed by atoms with Crippen molar-refractivity contribution in [2.45, 2.75) is 40.5 Å². The Morgan fingerprint density at radius 2 is 1.52 bits per heavy atom. The van der Waals surface area contributed by atoms with Gasteiger partial charge in [0.15, 0.2) is 5.69 Å². The first kappa shape index (κ1) is 18.5. The van der Waals surface area contributed by atoms with Gasteiger partial charge in [-0.05, 0) is 90.2 Å². The largest absolute Gasteiger partial charge is 0.287 e. The van der Waals surface area contributed by atoms with Crippen LogP contribution in [0.1, 0.15) is 44.5 Å². The minimum atomic E-state index is 0.949. The average Bonchev–Trinajstić information content (AvgIpc) is 3.28. The van der Waals surface area contributed by atoms with Crippen LogP contribution in [0.25, 0.3) is 33.6 Å². The van der Waals surface area contributed by atoms with Crippen LogP contribution in [0.2, 0.25) is 0 Å². The summed E-state index contributed by atoms with van der Waals surface area (Å²) in [4.78, 5) is 4.92. The second-order valence-electron chi connectivity index (χ2n) is 9.43. The van der Waals surface area contributed by atoms with E-state index in [4.69, 9.17) is 4.98 Å². The van der Waals surface area contributed by atoms with Crippen molar-refractivity contribution >= 4 is 0 Å². The molecule has 0 aliphatic heterocycles. The molecule has 0 atom stereocenters. The fraction of sp³-hybridized carbons (Fsp3) is 0.241. The number of fused-ring (bicyclic) bond motifs is 7. The van der Waals surface area contributed by atoms with Gasteiger partial charge in [0.1, 0.15) is 5.69 Å². The molecule has 6 rings (SSSR count). The van der Waals surface area contributed by atoms with Gasteiger partial charge in [0.05, 0.1) is 12.6 Å². The molecule has 1 heterocycles. The highest BCUT2D eigenvalue weighted by Gasteiger charge is 2.35. The Balaban J connectivity index is 1.60. The first-order valence-corrected chi connectivity index (χ1v) is 11.1. The number of benzene rings is 3. The lowest BCUT2D eigenvalue weighted by Crippen LogP contribution is -2.33. The molecule has 0 amide bonds. The molecular weight excluding hydrogens is 376 g/mol. The van der Waals surface area contributed by atoms with Gasteiger partial charge in [0.2, 0.25) is 0 Å². The minimum Gasteiger partial charge on any atom is -0.232 e. The number of nitrogens with zero attached hydrogens (tertiary/aromatic N) is 2. The topological polar surface area (TPSA) is 16.8 Å². The highest BCUT2D eigenvalue weighted by molar-refractivity contribution is 5.90. The second-order valence-corrected chi connectivity index (χ2v) is 9.43. The minimum absolute atomic E-state index is 0.949. The zero-order valence-corrected chi connectivity index (χ0v) is 18.9. The Labute approximate surface area is 184 Å². The third-order valence-electron chi connectivity index (χ3n) is 7.27. The summed E-state index contributed by atoms with van der Waals surface area (Å²) in [5, 5.41) is 0. The smallest absolute Gasteiger partial charge is 0.232 e. The van der Waals surface area contributed by atoms with E-state index < -0.39 is 0 Å². The van der Waals surface area contributed by atoms with Crippen molar-refractivity contribution in [1.29, 1.82) is 0 Å². The van der Waals surface area contributed by atoms with Gasteiger partial charge in [0, 0.05) is 17.5 Å². The van der Waals surface area contributed by atoms with E-state index >= 15 is 0 Å². The molecule has 2 aliphatic carbocycles. The van der Waals surface area contributed by atoms with Gasteiger partial charge >= 0.3 is 0 Å². The second kappa shape index (κ2) is 6.37. The van der Waals surface area contributed by atoms with Crippen LogP contribution >= 0.6 is 0 Å². The summed E-state index contributed by atoms with van der Waals surface area (Å²) in [6.45, 7) is 8.85. The van der Waals surface area contributed by atoms with E-state index in [0.717, 1.165) is 18.5 Å². The quantitative estimate of drug-likeness (QED) is 0.310. The number of rotatable bonds is 1. The van der Waals surface area contributed by atoms with E-state index in [9.17, 15) is 0 Å². The first-order valence-electron chi connectivity index (χ1n) is 11.1. The molecule has 4 aromatic rings. The molecule has 1 aromatic heterocycles. The maximum atomic E-state index is 4.92. The zero-order valence-electron chi connectivity index (χ0n) is 18.9. The van der Waals surface area contributed by atoms with Crippen LogP contribution in [0, 0.1) is 27.7 Å². The summed E-state index contributed by atoms with van der Waals surface area (Å²) < 4.78 is 2.21. The molecule has 0 bridgehead atoms. The van der Waals surface area contributed by atoms with Crippen molar-refractivity contribution < 1.29 is 4.57 Å². The molecule has 2 nitrogen and oxygen atoms in total. The van der Waals surface area contributed by atoms with Gasteiger partial charge in [0.25, 0.3) is 6.33 Å². The Kier molecular flexibility index (Phi) is 3.80. The third kappa shape index (κ3) is 2.57. The van der Waals surface area contributed by atoms with Crippen molar-refractivity contribution in [3.05, 3.63) is 93.3 Å². The van der Waals surface area contributed by atoms with Crippen LogP contribution in [0.4, 0.5) is 0 Å². The molecule has 0 radical (unpaired) electrons. The summed E-state index contributed by atoms with van der Waals surface area (Å²) in [7, 11) is 2.13. The molecular formula is C29H27N2+. The fourth-order valence-corrected chi connectivity index (χ4v) is 5.69. The van der Waals surface area contributed by atoms with Gasteiger partial charge in [-0.2, -0.15) is 0 Å². The number of hydrogen-bond donors (Lipinski definition) is 0. The third-order valence-corrected chi connectivity index (χ3v) is 7.27. The molecule has 0 saturated carbocycles. The van der Waals surface area contributed by atoms with E-state index in [1.54, 1.807) is 0 Å². The SMILES string of the molecule is Cc1ccc2c(c1)-c1c(ccc3c1Cc1c-3nc[n+](C)c1-c1cc(C)cc(C)c1C)C2. The van der Waals surface area contributed by atoms with Crippen LogP contribution in [0.3, 0.4) is 0 Å². The van der Waals surface area contributed by atoms with Gasteiger partial charge in [-0.1, -0.05) is 41.5 Å². The van der Waals surface area contributed by atoms with E-state index in [2.05, 4.69) is 81.8 Å². The molecule has 31 heavy (non-hydrogen) atoms. The van der Waals surface area contributed by atoms with Crippen LogP contribution in [0.15, 0.2) is 48.8 Å². The maximum Gasteiger partial charge on any atom is 0.287 e. The highest BCUT2D eigenvalue weighted by atomic mass is 15.0. The Morgan fingerprint density at radius 1 is 0.742 bits per heavy atom. The normalized spacial score (nSPS) is 13.1. The van der Waals surface area contributed by atoms with E-state index in [-0.39, 0.29) is 0 Å². The first-order chi connectivity index (χ1) is 14.9. The standard InChI is InChI=1S/C29H27N2/c1-16-6-7-20-13-21-8-9-22-25(27(21)24(20)11-16)14-26-28(22)30-15-31(5)29(26)23-12-17(2)10-18(3)19(23)4/h6-12,15H,13-14H2,1-5H3/q+1. The summed E-state index contributed by atoms with van der Waals surface area (Å²) in [6, 6.07) is 16.2. The lowest BCUT2D eigenvalue weighted by atomic mass is 9.93. The molecule has 3 aromatic carbocycles. The van der Waals surface area contributed by atoms with Crippen LogP contribution < -0.4 is 4.57 Å². The fourth-order valence-electron chi connectivity index (χ4n) is 5.69. The van der Waals surface area contributed by atoms with Gasteiger partial charge in [-0.3, -0.25) is 0 Å². The predicted molar refractivity (Wildman–Crippen MR) is 126 cm³/mol. The lowest BCUT2D eigenvalue weighted by Gasteiger charge is -2.13. The summed E-state index contributed by atoms with van der Waals surface area (Å²) >= 11 is 0. The van der Waals surface area contributed by atoms with Crippen molar-refractivity contribution in [2.75, 3.05) is 0 Å². The summed E-state index contributed by atoms with van der Waals surface area (Å²) in [5.74, 6) is 0. The lowest BCUT2D eigenvalue weighted by molar-refractivity contribution is -0.663. The van der Waals surface area contributed by atoms with Crippen LogP contribution in [0.5, 0.6) is 0 Å². The average molecular weight is 404 g/mol. The Morgan fingerprint density at radius 3 is 2.35 bits per heavy atom. The summed E-state index contributed by atoms with van der Waals surface area (Å²) in [6.07, 6.45) is 3.98. The van der Waals surface area contributed by atoms with Crippen molar-refractivity contribution in [1.82, 2.24) is 4.98 Å². The Bertz CT molecular complexity index is 1430. The molecule has 0 N–H and O–H groups in total. The molecule has 0 unspecified atom stereocenters. The van der Waals surface area contributed by atoms with Crippen molar-refractivity contribution in [2.24, 2.45) is 7.05 Å². The van der Waals surface area contributed by atoms with Crippen LogP contribution in [-0.4, -0.2) is 4.98 Å². The molecule has 2 aliphatic rings. The van der Waals surface area contributed by atoms with Crippen molar-refractivity contribution in [3.8, 4) is 33.6 Å². The molecule has 2 heteroatoms. The Hall–Kier alpha value is -3.26. The van der Waals surface area contributed by atoms with E-state index in [1.165, 1.54) is 72.5 Å². The van der Waals surface area contributed by atoms with Gasteiger partial charge < -0.3 is 0 Å². The monoisotopic (exact) mass is 403 g/mol. The number of aromatic nitrogens is 2. The number of hydrogen-bond acceptors (Lipinski definition) is 1. The molecule has 0 spiro atoms. The highest BCUT2D eigenvalue weighted by Crippen LogP contribution is 2.48. The van der Waals surface area contributed by atoms with Gasteiger partial charge in [-0.15, -0.1) is 0 Å². The summed E-state index contributed by atoms with van der Waals surface area (Å²) in [5.41, 5.74) is 19.1. The van der Waals surface area contributed by atoms with E-state index in [1.807, 2.05) is 6.33 Å². The van der Waals surface area contributed by atoms with Gasteiger partial charge in [-0.25, -0.2) is 4.57 Å². The van der Waals surface area contributed by atoms with E-state index in [0.29, 0.717) is 0 Å². The zero-order chi connectivity index (χ0) is 21.4. The molecule has 152 valence electrons. The maximum absolute atomic E-state index is 4.92. The van der Waals surface area contributed by atoms with Crippen LogP contribution in [-0.2, 0) is 19.9 Å².